The molecule has 0 bridgehead atoms. The Morgan fingerprint density at radius 1 is 1.17 bits per heavy atom. The van der Waals surface area contributed by atoms with E-state index in [2.05, 4.69) is 5.32 Å². The molecule has 1 N–H and O–H groups in total. The van der Waals surface area contributed by atoms with Gasteiger partial charge in [0.1, 0.15) is 0 Å². The fourth-order valence-corrected chi connectivity index (χ4v) is 2.03. The summed E-state index contributed by atoms with van der Waals surface area (Å²) in [7, 11) is 5.01. The lowest BCUT2D eigenvalue weighted by Crippen LogP contribution is -2.43. The van der Waals surface area contributed by atoms with Crippen LogP contribution in [-0.2, 0) is 20.9 Å². The van der Waals surface area contributed by atoms with Gasteiger partial charge in [-0.05, 0) is 18.1 Å². The van der Waals surface area contributed by atoms with Gasteiger partial charge in [-0.15, -0.1) is 0 Å². The minimum atomic E-state index is -0.101. The molecule has 128 valence electrons. The third-order valence-corrected chi connectivity index (χ3v) is 3.57. The van der Waals surface area contributed by atoms with Crippen LogP contribution in [0.1, 0.15) is 11.1 Å². The van der Waals surface area contributed by atoms with Crippen molar-refractivity contribution >= 4 is 11.8 Å². The van der Waals surface area contributed by atoms with Crippen molar-refractivity contribution < 1.29 is 14.3 Å². The average molecular weight is 321 g/mol. The molecule has 0 saturated heterocycles. The van der Waals surface area contributed by atoms with Crippen molar-refractivity contribution in [2.45, 2.75) is 13.5 Å². The molecule has 0 fully saturated rings. The number of hydrogen-bond donors (Lipinski definition) is 1. The third-order valence-electron chi connectivity index (χ3n) is 3.57. The first-order valence-corrected chi connectivity index (χ1v) is 7.66. The largest absolute Gasteiger partial charge is 0.383 e. The maximum Gasteiger partial charge on any atom is 0.236 e. The van der Waals surface area contributed by atoms with E-state index in [-0.39, 0.29) is 24.9 Å². The molecule has 6 heteroatoms. The minimum absolute atomic E-state index is 0.0344. The second-order valence-electron chi connectivity index (χ2n) is 5.69. The van der Waals surface area contributed by atoms with E-state index in [9.17, 15) is 9.59 Å². The highest BCUT2D eigenvalue weighted by Gasteiger charge is 2.15. The standard InChI is InChI=1S/C17H27N3O3/c1-14-7-5-6-8-15(14)11-18-16(21)12-20(9-10-23-4)13-17(22)19(2)3/h5-8H,9-13H2,1-4H3,(H,18,21). The van der Waals surface area contributed by atoms with E-state index >= 15 is 0 Å². The van der Waals surface area contributed by atoms with Crippen LogP contribution in [0, 0.1) is 6.92 Å². The van der Waals surface area contributed by atoms with Gasteiger partial charge in [-0.3, -0.25) is 14.5 Å². The lowest BCUT2D eigenvalue weighted by atomic mass is 10.1. The highest BCUT2D eigenvalue weighted by Crippen LogP contribution is 2.06. The zero-order valence-corrected chi connectivity index (χ0v) is 14.5. The first-order chi connectivity index (χ1) is 10.9. The fourth-order valence-electron chi connectivity index (χ4n) is 2.03. The first kappa shape index (κ1) is 19.1. The number of carbonyl (C=O) groups is 2. The smallest absolute Gasteiger partial charge is 0.236 e. The number of amides is 2. The summed E-state index contributed by atoms with van der Waals surface area (Å²) in [6, 6.07) is 7.94. The lowest BCUT2D eigenvalue weighted by molar-refractivity contribution is -0.131. The van der Waals surface area contributed by atoms with E-state index in [0.29, 0.717) is 19.7 Å². The Labute approximate surface area is 138 Å². The highest BCUT2D eigenvalue weighted by molar-refractivity contribution is 5.81. The fraction of sp³-hybridized carbons (Fsp3) is 0.529. The number of carbonyl (C=O) groups excluding carboxylic acids is 2. The molecule has 0 aliphatic rings. The monoisotopic (exact) mass is 321 g/mol. The summed E-state index contributed by atoms with van der Waals surface area (Å²) in [6.45, 7) is 3.90. The van der Waals surface area contributed by atoms with Gasteiger partial charge in [-0.1, -0.05) is 24.3 Å². The Kier molecular flexibility index (Phi) is 8.29. The predicted molar refractivity (Wildman–Crippen MR) is 90.0 cm³/mol. The molecule has 0 unspecified atom stereocenters. The van der Waals surface area contributed by atoms with Crippen LogP contribution in [0.2, 0.25) is 0 Å². The molecule has 0 aromatic heterocycles. The molecule has 2 amide bonds. The molecule has 0 heterocycles. The Hall–Kier alpha value is -1.92. The summed E-state index contributed by atoms with van der Waals surface area (Å²) in [5.41, 5.74) is 2.24. The van der Waals surface area contributed by atoms with Crippen LogP contribution in [0.15, 0.2) is 24.3 Å². The van der Waals surface area contributed by atoms with Gasteiger partial charge >= 0.3 is 0 Å². The van der Waals surface area contributed by atoms with Gasteiger partial charge in [0.05, 0.1) is 19.7 Å². The normalized spacial score (nSPS) is 10.7. The Morgan fingerprint density at radius 2 is 1.87 bits per heavy atom. The molecule has 0 spiro atoms. The van der Waals surface area contributed by atoms with Crippen molar-refractivity contribution in [3.8, 4) is 0 Å². The van der Waals surface area contributed by atoms with E-state index in [4.69, 9.17) is 4.74 Å². The van der Waals surface area contributed by atoms with Gasteiger partial charge in [0.15, 0.2) is 0 Å². The number of nitrogens with zero attached hydrogens (tertiary/aromatic N) is 2. The summed E-state index contributed by atoms with van der Waals surface area (Å²) >= 11 is 0. The van der Waals surface area contributed by atoms with Crippen LogP contribution >= 0.6 is 0 Å². The summed E-state index contributed by atoms with van der Waals surface area (Å²) < 4.78 is 5.04. The molecule has 0 saturated carbocycles. The third kappa shape index (κ3) is 7.25. The number of hydrogen-bond acceptors (Lipinski definition) is 4. The zero-order chi connectivity index (χ0) is 17.2. The molecule has 1 rings (SSSR count). The summed E-state index contributed by atoms with van der Waals surface area (Å²) in [6.07, 6.45) is 0. The van der Waals surface area contributed by atoms with E-state index in [0.717, 1.165) is 11.1 Å². The maximum absolute atomic E-state index is 12.1. The second kappa shape index (κ2) is 9.97. The number of ether oxygens (including phenoxy) is 1. The van der Waals surface area contributed by atoms with Gasteiger partial charge in [-0.25, -0.2) is 0 Å². The molecule has 0 aliphatic heterocycles. The SMILES string of the molecule is COCCN(CC(=O)NCc1ccccc1C)CC(=O)N(C)C. The Balaban J connectivity index is 2.51. The minimum Gasteiger partial charge on any atom is -0.383 e. The Morgan fingerprint density at radius 3 is 2.48 bits per heavy atom. The van der Waals surface area contributed by atoms with Gasteiger partial charge in [-0.2, -0.15) is 0 Å². The van der Waals surface area contributed by atoms with Crippen molar-refractivity contribution in [2.24, 2.45) is 0 Å². The molecular weight excluding hydrogens is 294 g/mol. The first-order valence-electron chi connectivity index (χ1n) is 7.66. The molecule has 6 nitrogen and oxygen atoms in total. The number of nitrogens with one attached hydrogen (secondary N) is 1. The quantitative estimate of drug-likeness (QED) is 0.725. The van der Waals surface area contributed by atoms with Crippen LogP contribution in [0.5, 0.6) is 0 Å². The van der Waals surface area contributed by atoms with E-state index < -0.39 is 0 Å². The molecule has 1 aromatic rings. The van der Waals surface area contributed by atoms with Gasteiger partial charge in [0.25, 0.3) is 0 Å². The zero-order valence-electron chi connectivity index (χ0n) is 14.5. The van der Waals surface area contributed by atoms with E-state index in [1.54, 1.807) is 26.1 Å². The van der Waals surface area contributed by atoms with Crippen LogP contribution in [0.25, 0.3) is 0 Å². The topological polar surface area (TPSA) is 61.9 Å². The van der Waals surface area contributed by atoms with Crippen molar-refractivity contribution in [1.82, 2.24) is 15.1 Å². The lowest BCUT2D eigenvalue weighted by Gasteiger charge is -2.22. The molecular formula is C17H27N3O3. The van der Waals surface area contributed by atoms with Crippen LogP contribution < -0.4 is 5.32 Å². The molecule has 0 aliphatic carbocycles. The average Bonchev–Trinajstić information content (AvgIpc) is 2.51. The van der Waals surface area contributed by atoms with E-state index in [1.165, 1.54) is 4.90 Å². The van der Waals surface area contributed by atoms with E-state index in [1.807, 2.05) is 31.2 Å². The molecule has 0 radical (unpaired) electrons. The number of likely N-dealkylation sites (N-methyl/N-ethyl adjacent to an activating group) is 1. The number of methoxy groups -OCH3 is 1. The number of rotatable bonds is 9. The van der Waals surface area contributed by atoms with Gasteiger partial charge < -0.3 is 15.0 Å². The maximum atomic E-state index is 12.1. The van der Waals surface area contributed by atoms with Crippen LogP contribution in [0.4, 0.5) is 0 Å². The predicted octanol–water partition coefficient (Wildman–Crippen LogP) is 0.648. The van der Waals surface area contributed by atoms with Gasteiger partial charge in [0, 0.05) is 34.3 Å². The second-order valence-corrected chi connectivity index (χ2v) is 5.69. The summed E-state index contributed by atoms with van der Waals surface area (Å²) in [4.78, 5) is 27.3. The number of aryl methyl sites for hydroxylation is 1. The Bertz CT molecular complexity index is 518. The molecule has 0 atom stereocenters. The molecule has 23 heavy (non-hydrogen) atoms. The number of benzene rings is 1. The molecule has 1 aromatic carbocycles. The highest BCUT2D eigenvalue weighted by atomic mass is 16.5. The van der Waals surface area contributed by atoms with Gasteiger partial charge in [0.2, 0.25) is 11.8 Å². The van der Waals surface area contributed by atoms with Crippen LogP contribution in [-0.4, -0.2) is 69.1 Å². The summed E-state index contributed by atoms with van der Waals surface area (Å²) in [5, 5.41) is 2.90. The van der Waals surface area contributed by atoms with Crippen molar-refractivity contribution in [2.75, 3.05) is 47.4 Å². The van der Waals surface area contributed by atoms with Crippen molar-refractivity contribution in [1.29, 1.82) is 0 Å². The summed E-state index contributed by atoms with van der Waals surface area (Å²) in [5.74, 6) is -0.135. The van der Waals surface area contributed by atoms with Crippen molar-refractivity contribution in [3.63, 3.8) is 0 Å². The van der Waals surface area contributed by atoms with Crippen LogP contribution in [0.3, 0.4) is 0 Å². The van der Waals surface area contributed by atoms with Crippen molar-refractivity contribution in [3.05, 3.63) is 35.4 Å².